The Labute approximate surface area is 120 Å². The summed E-state index contributed by atoms with van der Waals surface area (Å²) in [6.45, 7) is 2.08. The number of aryl methyl sites for hydroxylation is 3. The second-order valence-corrected chi connectivity index (χ2v) is 4.64. The van der Waals surface area contributed by atoms with Crippen molar-refractivity contribution in [3.05, 3.63) is 57.6 Å². The Balaban J connectivity index is 1.96. The average molecular weight is 280 g/mol. The average Bonchev–Trinajstić information content (AvgIpc) is 2.84. The first-order chi connectivity index (χ1) is 10.2. The van der Waals surface area contributed by atoms with Crippen LogP contribution in [-0.2, 0) is 13.0 Å². The van der Waals surface area contributed by atoms with Gasteiger partial charge in [0.1, 0.15) is 11.6 Å². The van der Waals surface area contributed by atoms with E-state index in [9.17, 15) is 4.79 Å². The number of fused-ring (bicyclic) bond motifs is 1. The highest BCUT2D eigenvalue weighted by Crippen LogP contribution is 2.08. The van der Waals surface area contributed by atoms with Crippen molar-refractivity contribution in [2.75, 3.05) is 0 Å². The molecule has 21 heavy (non-hydrogen) atoms. The summed E-state index contributed by atoms with van der Waals surface area (Å²) in [6, 6.07) is 11.8. The number of nitrogens with zero attached hydrogens (tertiary/aromatic N) is 6. The maximum Gasteiger partial charge on any atom is 0.368 e. The van der Waals surface area contributed by atoms with Crippen LogP contribution < -0.4 is 5.69 Å². The predicted molar refractivity (Wildman–Crippen MR) is 74.6 cm³/mol. The first kappa shape index (κ1) is 13.0. The molecule has 0 fully saturated rings. The van der Waals surface area contributed by atoms with Gasteiger partial charge in [0.15, 0.2) is 0 Å². The van der Waals surface area contributed by atoms with Crippen molar-refractivity contribution in [3.63, 3.8) is 0 Å². The van der Waals surface area contributed by atoms with Crippen molar-refractivity contribution in [2.24, 2.45) is 0 Å². The van der Waals surface area contributed by atoms with Crippen molar-refractivity contribution < 1.29 is 0 Å². The molecule has 0 aliphatic heterocycles. The number of aromatic nitrogens is 5. The maximum atomic E-state index is 12.3. The van der Waals surface area contributed by atoms with Crippen LogP contribution in [0.25, 0.3) is 5.65 Å². The number of hydrogen-bond donors (Lipinski definition) is 0. The Morgan fingerprint density at radius 1 is 1.29 bits per heavy atom. The zero-order valence-corrected chi connectivity index (χ0v) is 11.4. The highest BCUT2D eigenvalue weighted by atomic mass is 16.2. The highest BCUT2D eigenvalue weighted by Gasteiger charge is 2.14. The minimum atomic E-state index is -0.388. The van der Waals surface area contributed by atoms with Gasteiger partial charge in [-0.1, -0.05) is 35.5 Å². The van der Waals surface area contributed by atoms with Gasteiger partial charge < -0.3 is 0 Å². The van der Waals surface area contributed by atoms with Gasteiger partial charge in [0.05, 0.1) is 12.2 Å². The lowest BCUT2D eigenvalue weighted by Crippen LogP contribution is -2.31. The standard InChI is InChI=1S/C14H12N6O/c1-10-12(9-15)13-16-18-19(14(21)20(13)17-10)8-7-11-5-3-2-4-6-11/h2-6H,7-8H2,1H3. The van der Waals surface area contributed by atoms with Crippen LogP contribution in [0.4, 0.5) is 0 Å². The highest BCUT2D eigenvalue weighted by molar-refractivity contribution is 5.55. The Kier molecular flexibility index (Phi) is 3.20. The maximum absolute atomic E-state index is 12.3. The van der Waals surface area contributed by atoms with E-state index < -0.39 is 0 Å². The van der Waals surface area contributed by atoms with Crippen LogP contribution in [0, 0.1) is 18.3 Å². The van der Waals surface area contributed by atoms with E-state index in [2.05, 4.69) is 15.4 Å². The molecule has 0 radical (unpaired) electrons. The van der Waals surface area contributed by atoms with Crippen LogP contribution in [0.2, 0.25) is 0 Å². The van der Waals surface area contributed by atoms with E-state index in [4.69, 9.17) is 5.26 Å². The summed E-state index contributed by atoms with van der Waals surface area (Å²) >= 11 is 0. The fourth-order valence-electron chi connectivity index (χ4n) is 2.14. The number of rotatable bonds is 3. The molecule has 0 aliphatic carbocycles. The second kappa shape index (κ2) is 5.17. The van der Waals surface area contributed by atoms with Crippen molar-refractivity contribution in [3.8, 4) is 6.07 Å². The molecule has 0 saturated heterocycles. The normalized spacial score (nSPS) is 10.7. The smallest absolute Gasteiger partial charge is 0.244 e. The molecule has 2 heterocycles. The monoisotopic (exact) mass is 280 g/mol. The van der Waals surface area contributed by atoms with Crippen molar-refractivity contribution in [1.29, 1.82) is 5.26 Å². The minimum Gasteiger partial charge on any atom is -0.244 e. The third kappa shape index (κ3) is 2.27. The first-order valence-corrected chi connectivity index (χ1v) is 6.48. The van der Waals surface area contributed by atoms with Gasteiger partial charge in [0, 0.05) is 0 Å². The van der Waals surface area contributed by atoms with Crippen LogP contribution in [0.1, 0.15) is 16.8 Å². The molecule has 0 atom stereocenters. The summed E-state index contributed by atoms with van der Waals surface area (Å²) in [5.74, 6) is 0. The zero-order valence-electron chi connectivity index (χ0n) is 11.4. The molecular weight excluding hydrogens is 268 g/mol. The molecule has 1 aromatic carbocycles. The lowest BCUT2D eigenvalue weighted by molar-refractivity contribution is 0.507. The molecule has 0 bridgehead atoms. The fourth-order valence-corrected chi connectivity index (χ4v) is 2.14. The number of nitriles is 1. The van der Waals surface area contributed by atoms with Crippen molar-refractivity contribution in [1.82, 2.24) is 24.6 Å². The molecule has 7 nitrogen and oxygen atoms in total. The summed E-state index contributed by atoms with van der Waals surface area (Å²) in [7, 11) is 0. The van der Waals surface area contributed by atoms with Crippen LogP contribution >= 0.6 is 0 Å². The van der Waals surface area contributed by atoms with Gasteiger partial charge in [-0.3, -0.25) is 0 Å². The Morgan fingerprint density at radius 2 is 2.05 bits per heavy atom. The summed E-state index contributed by atoms with van der Waals surface area (Å²) in [5.41, 5.74) is 1.69. The quantitative estimate of drug-likeness (QED) is 0.705. The lowest BCUT2D eigenvalue weighted by Gasteiger charge is -2.03. The van der Waals surface area contributed by atoms with Crippen LogP contribution in [-0.4, -0.2) is 24.6 Å². The van der Waals surface area contributed by atoms with E-state index in [1.807, 2.05) is 36.4 Å². The molecule has 0 aliphatic rings. The third-order valence-electron chi connectivity index (χ3n) is 3.25. The van der Waals surface area contributed by atoms with Gasteiger partial charge >= 0.3 is 5.69 Å². The van der Waals surface area contributed by atoms with E-state index in [1.165, 1.54) is 4.68 Å². The molecular formula is C14H12N6O. The molecule has 3 aromatic rings. The lowest BCUT2D eigenvalue weighted by atomic mass is 10.2. The molecule has 0 unspecified atom stereocenters. The molecule has 3 rings (SSSR count). The molecule has 0 saturated carbocycles. The van der Waals surface area contributed by atoms with E-state index in [1.54, 1.807) is 6.92 Å². The third-order valence-corrected chi connectivity index (χ3v) is 3.25. The number of hydrogen-bond acceptors (Lipinski definition) is 5. The van der Waals surface area contributed by atoms with E-state index in [0.29, 0.717) is 18.7 Å². The minimum absolute atomic E-state index is 0.205. The topological polar surface area (TPSA) is 88.9 Å². The van der Waals surface area contributed by atoms with Crippen molar-refractivity contribution in [2.45, 2.75) is 19.9 Å². The van der Waals surface area contributed by atoms with Gasteiger partial charge in [-0.25, -0.2) is 4.79 Å². The second-order valence-electron chi connectivity index (χ2n) is 4.64. The van der Waals surface area contributed by atoms with Gasteiger partial charge in [-0.2, -0.15) is 19.6 Å². The SMILES string of the molecule is Cc1nn2c(=O)n(CCc3ccccc3)nnc2c1C#N. The molecule has 2 aromatic heterocycles. The fraction of sp³-hybridized carbons (Fsp3) is 0.214. The zero-order chi connectivity index (χ0) is 14.8. The molecule has 0 N–H and O–H groups in total. The molecule has 0 amide bonds. The molecule has 104 valence electrons. The van der Waals surface area contributed by atoms with Crippen LogP contribution in [0.15, 0.2) is 35.1 Å². The largest absolute Gasteiger partial charge is 0.368 e. The summed E-state index contributed by atoms with van der Waals surface area (Å²) in [4.78, 5) is 12.3. The van der Waals surface area contributed by atoms with E-state index >= 15 is 0 Å². The van der Waals surface area contributed by atoms with Crippen LogP contribution in [0.3, 0.4) is 0 Å². The summed E-state index contributed by atoms with van der Waals surface area (Å²) in [5, 5.41) is 20.9. The van der Waals surface area contributed by atoms with Crippen LogP contribution in [0.5, 0.6) is 0 Å². The Bertz CT molecular complexity index is 887. The van der Waals surface area contributed by atoms with E-state index in [-0.39, 0.29) is 16.9 Å². The molecule has 7 heteroatoms. The summed E-state index contributed by atoms with van der Waals surface area (Å²) < 4.78 is 2.39. The predicted octanol–water partition coefficient (Wildman–Crippen LogP) is 0.709. The Hall–Kier alpha value is -3.01. The van der Waals surface area contributed by atoms with Crippen molar-refractivity contribution >= 4 is 5.65 Å². The first-order valence-electron chi connectivity index (χ1n) is 6.48. The van der Waals surface area contributed by atoms with Gasteiger partial charge in [0.25, 0.3) is 0 Å². The Morgan fingerprint density at radius 3 is 2.76 bits per heavy atom. The number of benzene rings is 1. The van der Waals surface area contributed by atoms with Gasteiger partial charge in [-0.15, -0.1) is 5.10 Å². The van der Waals surface area contributed by atoms with Gasteiger partial charge in [-0.05, 0) is 18.9 Å². The van der Waals surface area contributed by atoms with E-state index in [0.717, 1.165) is 10.1 Å². The molecule has 0 spiro atoms. The summed E-state index contributed by atoms with van der Waals surface area (Å²) in [6.07, 6.45) is 0.673. The van der Waals surface area contributed by atoms with Gasteiger partial charge in [0.2, 0.25) is 5.65 Å².